The summed E-state index contributed by atoms with van der Waals surface area (Å²) in [5, 5.41) is 0. The first-order chi connectivity index (χ1) is 13.5. The van der Waals surface area contributed by atoms with E-state index in [-0.39, 0.29) is 17.1 Å². The summed E-state index contributed by atoms with van der Waals surface area (Å²) >= 11 is 0. The molecular weight excluding hydrogens is 372 g/mol. The number of nitrogens with zero attached hydrogens (tertiary/aromatic N) is 4. The lowest BCUT2D eigenvalue weighted by atomic mass is 10.1. The maximum Gasteiger partial charge on any atom is 0.428 e. The van der Waals surface area contributed by atoms with Gasteiger partial charge in [-0.3, -0.25) is 14.9 Å². The second-order valence-electron chi connectivity index (χ2n) is 6.07. The van der Waals surface area contributed by atoms with Crippen LogP contribution in [0.5, 0.6) is 0 Å². The SMILES string of the molecule is FC1=C(c2ccccc2)N(c2ccncc2)C(C(F)(F)F)N1c1ccncc1. The quantitative estimate of drug-likeness (QED) is 0.469. The fraction of sp³-hybridized carbons (Fsp3) is 0.100. The van der Waals surface area contributed by atoms with Crippen LogP contribution in [0.2, 0.25) is 0 Å². The molecule has 1 unspecified atom stereocenters. The molecule has 4 rings (SSSR count). The highest BCUT2D eigenvalue weighted by Crippen LogP contribution is 2.47. The van der Waals surface area contributed by atoms with Gasteiger partial charge in [0.15, 0.2) is 0 Å². The van der Waals surface area contributed by atoms with E-state index < -0.39 is 18.3 Å². The van der Waals surface area contributed by atoms with Crippen LogP contribution in [0.1, 0.15) is 5.56 Å². The Hall–Kier alpha value is -3.42. The Balaban J connectivity index is 1.97. The zero-order chi connectivity index (χ0) is 19.7. The summed E-state index contributed by atoms with van der Waals surface area (Å²) in [7, 11) is 0. The Morgan fingerprint density at radius 3 is 1.71 bits per heavy atom. The van der Waals surface area contributed by atoms with Crippen LogP contribution in [0.3, 0.4) is 0 Å². The van der Waals surface area contributed by atoms with Crippen molar-refractivity contribution in [1.82, 2.24) is 9.97 Å². The molecule has 1 aliphatic rings. The van der Waals surface area contributed by atoms with Crippen molar-refractivity contribution in [2.75, 3.05) is 9.80 Å². The molecule has 4 nitrogen and oxygen atoms in total. The summed E-state index contributed by atoms with van der Waals surface area (Å²) < 4.78 is 58.1. The number of halogens is 4. The Labute approximate surface area is 158 Å². The van der Waals surface area contributed by atoms with Crippen molar-refractivity contribution < 1.29 is 17.6 Å². The van der Waals surface area contributed by atoms with Crippen LogP contribution in [0.25, 0.3) is 5.70 Å². The smallest absolute Gasteiger partial charge is 0.308 e. The van der Waals surface area contributed by atoms with Gasteiger partial charge in [-0.05, 0) is 24.3 Å². The molecule has 8 heteroatoms. The van der Waals surface area contributed by atoms with Gasteiger partial charge in [-0.2, -0.15) is 17.6 Å². The molecular formula is C20H14F4N4. The minimum absolute atomic E-state index is 0.0554. The molecule has 142 valence electrons. The summed E-state index contributed by atoms with van der Waals surface area (Å²) in [6, 6.07) is 13.7. The van der Waals surface area contributed by atoms with E-state index in [0.29, 0.717) is 10.5 Å². The van der Waals surface area contributed by atoms with Crippen molar-refractivity contribution >= 4 is 17.1 Å². The minimum Gasteiger partial charge on any atom is -0.308 e. The molecule has 0 amide bonds. The zero-order valence-electron chi connectivity index (χ0n) is 14.4. The molecule has 0 bridgehead atoms. The fourth-order valence-corrected chi connectivity index (χ4v) is 3.24. The van der Waals surface area contributed by atoms with Crippen molar-refractivity contribution in [2.45, 2.75) is 12.3 Å². The first kappa shape index (κ1) is 18.0. The molecule has 3 heterocycles. The Morgan fingerprint density at radius 2 is 1.21 bits per heavy atom. The van der Waals surface area contributed by atoms with Gasteiger partial charge in [0.1, 0.15) is 5.70 Å². The number of aromatic nitrogens is 2. The molecule has 2 aromatic heterocycles. The van der Waals surface area contributed by atoms with Gasteiger partial charge >= 0.3 is 6.18 Å². The fourth-order valence-electron chi connectivity index (χ4n) is 3.24. The highest BCUT2D eigenvalue weighted by molar-refractivity contribution is 5.88. The van der Waals surface area contributed by atoms with Gasteiger partial charge in [0.2, 0.25) is 12.1 Å². The van der Waals surface area contributed by atoms with E-state index in [9.17, 15) is 13.2 Å². The lowest BCUT2D eigenvalue weighted by Crippen LogP contribution is -2.51. The summed E-state index contributed by atoms with van der Waals surface area (Å²) in [4.78, 5) is 9.27. The van der Waals surface area contributed by atoms with E-state index >= 15 is 4.39 Å². The normalized spacial score (nSPS) is 17.4. The number of rotatable bonds is 3. The Morgan fingerprint density at radius 1 is 0.714 bits per heavy atom. The summed E-state index contributed by atoms with van der Waals surface area (Å²) in [6.07, 6.45) is -1.61. The maximum atomic E-state index is 15.6. The van der Waals surface area contributed by atoms with Gasteiger partial charge in [0.05, 0.1) is 0 Å². The standard InChI is InChI=1S/C20H14F4N4/c21-18-17(14-4-2-1-3-5-14)27(15-6-10-25-11-7-15)19(20(22,23)24)28(18)16-8-12-26-13-9-16/h1-13,19H. The van der Waals surface area contributed by atoms with Gasteiger partial charge in [-0.25, -0.2) is 0 Å². The van der Waals surface area contributed by atoms with Crippen LogP contribution < -0.4 is 9.80 Å². The lowest BCUT2D eigenvalue weighted by Gasteiger charge is -2.35. The summed E-state index contributed by atoms with van der Waals surface area (Å²) in [6.45, 7) is 0. The lowest BCUT2D eigenvalue weighted by molar-refractivity contribution is -0.144. The van der Waals surface area contributed by atoms with Crippen LogP contribution in [-0.2, 0) is 0 Å². The van der Waals surface area contributed by atoms with Gasteiger partial charge in [-0.15, -0.1) is 0 Å². The van der Waals surface area contributed by atoms with Gasteiger partial charge < -0.3 is 4.90 Å². The van der Waals surface area contributed by atoms with Gasteiger partial charge in [0.25, 0.3) is 0 Å². The molecule has 0 spiro atoms. The van der Waals surface area contributed by atoms with Gasteiger partial charge in [0, 0.05) is 41.7 Å². The van der Waals surface area contributed by atoms with E-state index in [1.165, 1.54) is 49.1 Å². The third kappa shape index (κ3) is 3.06. The molecule has 0 aliphatic carbocycles. The monoisotopic (exact) mass is 386 g/mol. The molecule has 0 saturated carbocycles. The summed E-state index contributed by atoms with van der Waals surface area (Å²) in [5.41, 5.74) is 0.413. The molecule has 1 atom stereocenters. The average molecular weight is 386 g/mol. The van der Waals surface area contributed by atoms with E-state index in [1.54, 1.807) is 30.3 Å². The largest absolute Gasteiger partial charge is 0.428 e. The van der Waals surface area contributed by atoms with Crippen LogP contribution >= 0.6 is 0 Å². The number of pyridine rings is 2. The predicted octanol–water partition coefficient (Wildman–Crippen LogP) is 4.99. The maximum absolute atomic E-state index is 15.6. The molecule has 1 aliphatic heterocycles. The average Bonchev–Trinajstić information content (AvgIpc) is 3.03. The summed E-state index contributed by atoms with van der Waals surface area (Å²) in [5.74, 6) is -0.989. The highest BCUT2D eigenvalue weighted by Gasteiger charge is 2.55. The predicted molar refractivity (Wildman–Crippen MR) is 97.7 cm³/mol. The number of hydrogen-bond donors (Lipinski definition) is 0. The molecule has 1 aromatic carbocycles. The van der Waals surface area contributed by atoms with Crippen LogP contribution in [-0.4, -0.2) is 22.3 Å². The minimum atomic E-state index is -4.75. The van der Waals surface area contributed by atoms with Crippen molar-refractivity contribution in [1.29, 1.82) is 0 Å². The molecule has 0 fully saturated rings. The number of alkyl halides is 3. The second kappa shape index (κ2) is 6.95. The Kier molecular flexibility index (Phi) is 4.46. The molecule has 0 radical (unpaired) electrons. The van der Waals surface area contributed by atoms with Crippen LogP contribution in [0.4, 0.5) is 28.9 Å². The first-order valence-corrected chi connectivity index (χ1v) is 8.39. The van der Waals surface area contributed by atoms with E-state index in [1.807, 2.05) is 0 Å². The molecule has 3 aromatic rings. The van der Waals surface area contributed by atoms with E-state index in [4.69, 9.17) is 0 Å². The number of benzene rings is 1. The molecule has 28 heavy (non-hydrogen) atoms. The topological polar surface area (TPSA) is 32.3 Å². The van der Waals surface area contributed by atoms with Crippen molar-refractivity contribution in [3.8, 4) is 0 Å². The molecule has 0 saturated heterocycles. The van der Waals surface area contributed by atoms with Gasteiger partial charge in [-0.1, -0.05) is 30.3 Å². The zero-order valence-corrected chi connectivity index (χ0v) is 14.4. The number of anilines is 2. The highest BCUT2D eigenvalue weighted by atomic mass is 19.4. The van der Waals surface area contributed by atoms with Crippen LogP contribution in [0, 0.1) is 0 Å². The van der Waals surface area contributed by atoms with Crippen molar-refractivity contribution in [3.05, 3.63) is 90.9 Å². The van der Waals surface area contributed by atoms with Crippen molar-refractivity contribution in [3.63, 3.8) is 0 Å². The third-order valence-electron chi connectivity index (χ3n) is 4.36. The third-order valence-corrected chi connectivity index (χ3v) is 4.36. The first-order valence-electron chi connectivity index (χ1n) is 8.39. The van der Waals surface area contributed by atoms with Crippen molar-refractivity contribution in [2.24, 2.45) is 0 Å². The van der Waals surface area contributed by atoms with E-state index in [2.05, 4.69) is 9.97 Å². The molecule has 0 N–H and O–H groups in total. The number of hydrogen-bond acceptors (Lipinski definition) is 4. The second-order valence-corrected chi connectivity index (χ2v) is 6.07. The Bertz CT molecular complexity index is 975. The van der Waals surface area contributed by atoms with E-state index in [0.717, 1.165) is 4.90 Å². The van der Waals surface area contributed by atoms with Crippen LogP contribution in [0.15, 0.2) is 85.3 Å².